The lowest BCUT2D eigenvalue weighted by Gasteiger charge is -2.38. The highest BCUT2D eigenvalue weighted by molar-refractivity contribution is 6.91. The van der Waals surface area contributed by atoms with Crippen LogP contribution in [0.25, 0.3) is 43.1 Å². The molecule has 0 aliphatic heterocycles. The first-order valence-corrected chi connectivity index (χ1v) is 25.4. The van der Waals surface area contributed by atoms with Gasteiger partial charge in [0.15, 0.2) is 0 Å². The van der Waals surface area contributed by atoms with E-state index in [-0.39, 0.29) is 0 Å². The van der Waals surface area contributed by atoms with Crippen LogP contribution >= 0.6 is 0 Å². The number of hydrogen-bond acceptors (Lipinski definition) is 0. The molecule has 0 N–H and O–H groups in total. The smallest absolute Gasteiger partial charge is 0.125 e. The van der Waals surface area contributed by atoms with Gasteiger partial charge in [0.05, 0.1) is 0 Å². The molecule has 0 fully saturated rings. The zero-order valence-electron chi connectivity index (χ0n) is 37.8. The minimum absolute atomic E-state index is 0.557. The van der Waals surface area contributed by atoms with E-state index in [1.807, 2.05) is 0 Å². The van der Waals surface area contributed by atoms with E-state index < -0.39 is 16.1 Å². The highest BCUT2D eigenvalue weighted by atomic mass is 28.3. The Bertz CT molecular complexity index is 2110. The van der Waals surface area contributed by atoms with Crippen molar-refractivity contribution in [3.8, 4) is 22.9 Å². The van der Waals surface area contributed by atoms with Gasteiger partial charge in [-0.3, -0.25) is 0 Å². The fourth-order valence-electron chi connectivity index (χ4n) is 11.0. The molecule has 2 heteroatoms. The second-order valence-electron chi connectivity index (χ2n) is 18.9. The van der Waals surface area contributed by atoms with Gasteiger partial charge in [0.2, 0.25) is 0 Å². The molecule has 0 nitrogen and oxygen atoms in total. The largest absolute Gasteiger partial charge is 0.146 e. The lowest BCUT2D eigenvalue weighted by molar-refractivity contribution is 0.838. The van der Waals surface area contributed by atoms with Crippen LogP contribution in [0.1, 0.15) is 139 Å². The van der Waals surface area contributed by atoms with Gasteiger partial charge in [-0.05, 0) is 200 Å². The predicted molar refractivity (Wildman–Crippen MR) is 250 cm³/mol. The van der Waals surface area contributed by atoms with E-state index in [0.29, 0.717) is 33.2 Å². The molecule has 54 heavy (non-hydrogen) atoms. The van der Waals surface area contributed by atoms with E-state index in [9.17, 15) is 0 Å². The molecule has 5 aromatic carbocycles. The second kappa shape index (κ2) is 15.0. The van der Waals surface area contributed by atoms with Crippen LogP contribution in [0.15, 0.2) is 24.3 Å². The van der Waals surface area contributed by atoms with E-state index >= 15 is 0 Å². The fourth-order valence-corrected chi connectivity index (χ4v) is 21.4. The minimum Gasteiger partial charge on any atom is -0.125 e. The van der Waals surface area contributed by atoms with Crippen molar-refractivity contribution in [3.63, 3.8) is 0 Å². The van der Waals surface area contributed by atoms with E-state index in [4.69, 9.17) is 0 Å². The molecule has 5 rings (SSSR count). The van der Waals surface area contributed by atoms with Crippen molar-refractivity contribution in [2.45, 2.75) is 172 Å². The van der Waals surface area contributed by atoms with Crippen LogP contribution in [0.2, 0.25) is 33.2 Å². The molecule has 0 saturated carbocycles. The molecule has 0 spiro atoms. The van der Waals surface area contributed by atoms with Gasteiger partial charge in [0, 0.05) is 11.1 Å². The van der Waals surface area contributed by atoms with Crippen molar-refractivity contribution in [1.29, 1.82) is 0 Å². The summed E-state index contributed by atoms with van der Waals surface area (Å²) in [7, 11) is -4.08. The molecule has 0 saturated heterocycles. The SMILES string of the molecule is Cc1c(C)c(C)c2cc3c(C#C[Si](C(C)C)(C(C)C)C(C)C)c4cc5c(C)c(C)c(C)c(C)c5cc4c(C#C[Si](C(C)C)(C(C)C)C(C)C)c3cc2c1C. The normalized spacial score (nSPS) is 12.8. The lowest BCUT2D eigenvalue weighted by atomic mass is 9.84. The third-order valence-corrected chi connectivity index (χ3v) is 27.5. The van der Waals surface area contributed by atoms with E-state index in [0.717, 1.165) is 0 Å². The van der Waals surface area contributed by atoms with Crippen molar-refractivity contribution in [2.24, 2.45) is 0 Å². The number of aryl methyl sites for hydroxylation is 4. The number of hydrogen-bond donors (Lipinski definition) is 0. The molecular formula is C52H70Si2. The summed E-state index contributed by atoms with van der Waals surface area (Å²) in [6, 6.07) is 10.0. The zero-order valence-corrected chi connectivity index (χ0v) is 39.8. The topological polar surface area (TPSA) is 0 Å². The highest BCUT2D eigenvalue weighted by Crippen LogP contribution is 2.45. The fraction of sp³-hybridized carbons (Fsp3) is 0.500. The molecule has 0 amide bonds. The Morgan fingerprint density at radius 3 is 0.648 bits per heavy atom. The van der Waals surface area contributed by atoms with Gasteiger partial charge in [-0.1, -0.05) is 94.9 Å². The summed E-state index contributed by atoms with van der Waals surface area (Å²) in [5, 5.41) is 10.4. The Morgan fingerprint density at radius 2 is 0.481 bits per heavy atom. The molecule has 0 radical (unpaired) electrons. The van der Waals surface area contributed by atoms with Crippen molar-refractivity contribution in [1.82, 2.24) is 0 Å². The second-order valence-corrected chi connectivity index (χ2v) is 30.1. The number of rotatable bonds is 6. The van der Waals surface area contributed by atoms with Crippen LogP contribution in [-0.2, 0) is 0 Å². The van der Waals surface area contributed by atoms with E-state index in [2.05, 4.69) is 186 Å². The van der Waals surface area contributed by atoms with Gasteiger partial charge in [-0.2, -0.15) is 0 Å². The summed E-state index contributed by atoms with van der Waals surface area (Å²) in [4.78, 5) is 0. The molecule has 5 aromatic rings. The molecule has 0 unspecified atom stereocenters. The van der Waals surface area contributed by atoms with E-state index in [1.165, 1.54) is 98.7 Å². The molecule has 0 aromatic heterocycles. The Balaban J connectivity index is 2.20. The first kappa shape index (κ1) is 41.8. The maximum atomic E-state index is 4.20. The summed E-state index contributed by atoms with van der Waals surface area (Å²) in [6.07, 6.45) is 0. The standard InChI is InChI=1S/C52H70Si2/c1-29(2)53(30(3)4,31(5)6)23-21-43-49-25-45-39(17)35(13)37(15)41(19)47(45)27-51(49)44(22-24-54(32(7)8,33(9)10)34(11)12)52-28-48-42(20)38(16)36(14)40(18)46(48)26-50(43)52/h25-34H,1-20H3. The van der Waals surface area contributed by atoms with Gasteiger partial charge < -0.3 is 0 Å². The zero-order chi connectivity index (χ0) is 40.5. The third-order valence-electron chi connectivity index (χ3n) is 14.9. The van der Waals surface area contributed by atoms with Gasteiger partial charge in [-0.15, -0.1) is 11.1 Å². The average molecular weight is 751 g/mol. The van der Waals surface area contributed by atoms with Crippen LogP contribution in [0.4, 0.5) is 0 Å². The van der Waals surface area contributed by atoms with Crippen LogP contribution in [0.3, 0.4) is 0 Å². The Hall–Kier alpha value is -3.31. The summed E-state index contributed by atoms with van der Waals surface area (Å²) < 4.78 is 0. The molecule has 0 aliphatic carbocycles. The molecule has 0 atom stereocenters. The molecule has 0 aliphatic rings. The highest BCUT2D eigenvalue weighted by Gasteiger charge is 2.43. The van der Waals surface area contributed by atoms with Crippen molar-refractivity contribution >= 4 is 59.2 Å². The van der Waals surface area contributed by atoms with Gasteiger partial charge >= 0.3 is 0 Å². The first-order chi connectivity index (χ1) is 25.1. The number of fused-ring (bicyclic) bond motifs is 4. The lowest BCUT2D eigenvalue weighted by Crippen LogP contribution is -2.43. The summed E-state index contributed by atoms with van der Waals surface area (Å²) in [6.45, 7) is 47.6. The predicted octanol–water partition coefficient (Wildman–Crippen LogP) is 15.9. The monoisotopic (exact) mass is 751 g/mol. The van der Waals surface area contributed by atoms with Gasteiger partial charge in [0.25, 0.3) is 0 Å². The Kier molecular flexibility index (Phi) is 11.6. The van der Waals surface area contributed by atoms with Gasteiger partial charge in [-0.25, -0.2) is 0 Å². The summed E-state index contributed by atoms with van der Waals surface area (Å²) >= 11 is 0. The maximum absolute atomic E-state index is 4.20. The third kappa shape index (κ3) is 6.29. The van der Waals surface area contributed by atoms with Crippen molar-refractivity contribution in [2.75, 3.05) is 0 Å². The Labute approximate surface area is 332 Å². The first-order valence-electron chi connectivity index (χ1n) is 21.0. The summed E-state index contributed by atoms with van der Waals surface area (Å²) in [5.41, 5.74) is 25.2. The molecule has 0 heterocycles. The van der Waals surface area contributed by atoms with Gasteiger partial charge in [0.1, 0.15) is 16.1 Å². The minimum atomic E-state index is -2.04. The maximum Gasteiger partial charge on any atom is 0.146 e. The van der Waals surface area contributed by atoms with E-state index in [1.54, 1.807) is 0 Å². The van der Waals surface area contributed by atoms with Crippen LogP contribution < -0.4 is 0 Å². The quantitative estimate of drug-likeness (QED) is 0.0921. The van der Waals surface area contributed by atoms with Crippen LogP contribution in [-0.4, -0.2) is 16.1 Å². The molecular weight excluding hydrogens is 681 g/mol. The number of benzene rings is 5. The van der Waals surface area contributed by atoms with Crippen molar-refractivity contribution < 1.29 is 0 Å². The Morgan fingerprint density at radius 1 is 0.296 bits per heavy atom. The van der Waals surface area contributed by atoms with Crippen LogP contribution in [0, 0.1) is 78.3 Å². The summed E-state index contributed by atoms with van der Waals surface area (Å²) in [5.74, 6) is 8.18. The van der Waals surface area contributed by atoms with Crippen LogP contribution in [0.5, 0.6) is 0 Å². The van der Waals surface area contributed by atoms with Crippen molar-refractivity contribution in [3.05, 3.63) is 79.9 Å². The molecule has 0 bridgehead atoms. The molecule has 286 valence electrons. The average Bonchev–Trinajstić information content (AvgIpc) is 3.10.